The Balaban J connectivity index is 1.95. The molecule has 10 heteroatoms. The van der Waals surface area contributed by atoms with Crippen molar-refractivity contribution in [1.82, 2.24) is 9.88 Å². The monoisotopic (exact) mass is 490 g/mol. The summed E-state index contributed by atoms with van der Waals surface area (Å²) in [6.07, 6.45) is 1.17. The summed E-state index contributed by atoms with van der Waals surface area (Å²) in [7, 11) is 0. The number of carbonyl (C=O) groups is 2. The number of amides is 3. The van der Waals surface area contributed by atoms with Crippen molar-refractivity contribution in [1.29, 1.82) is 0 Å². The van der Waals surface area contributed by atoms with E-state index in [2.05, 4.69) is 15.0 Å². The van der Waals surface area contributed by atoms with Gasteiger partial charge < -0.3 is 19.7 Å². The average molecular weight is 491 g/mol. The molecule has 35 heavy (non-hydrogen) atoms. The molecule has 0 saturated carbocycles. The third kappa shape index (κ3) is 6.58. The van der Waals surface area contributed by atoms with E-state index < -0.39 is 18.5 Å². The maximum atomic E-state index is 13.7. The number of likely N-dealkylation sites (tertiary alicyclic amines) is 1. The minimum absolute atomic E-state index is 0.00344. The Hall–Kier alpha value is -3.43. The highest BCUT2D eigenvalue weighted by Gasteiger charge is 2.32. The third-order valence-electron chi connectivity index (χ3n) is 5.88. The first-order valence-corrected chi connectivity index (χ1v) is 11.7. The van der Waals surface area contributed by atoms with Gasteiger partial charge in [-0.15, -0.1) is 0 Å². The second kappa shape index (κ2) is 11.8. The van der Waals surface area contributed by atoms with Gasteiger partial charge in [-0.25, -0.2) is 4.79 Å². The summed E-state index contributed by atoms with van der Waals surface area (Å²) in [6.45, 7) is 5.58. The van der Waals surface area contributed by atoms with Gasteiger partial charge in [-0.05, 0) is 43.4 Å². The van der Waals surface area contributed by atoms with Crippen molar-refractivity contribution in [3.05, 3.63) is 42.0 Å². The molecule has 1 N–H and O–H groups in total. The highest BCUT2D eigenvalue weighted by Crippen LogP contribution is 2.33. The predicted molar refractivity (Wildman–Crippen MR) is 129 cm³/mol. The van der Waals surface area contributed by atoms with Gasteiger partial charge in [-0.3, -0.25) is 9.69 Å². The molecule has 1 aliphatic heterocycles. The standard InChI is InChI=1S/C25H32F2N4O4/c1-5-34-22-11-10-20(23(29-22)35-24(26)27)28-25(33)31(18-12-14-30(15-13-18)17(4)32)21-9-7-6-8-19(21)16(2)3/h6-11,16,18,24H,5,12-15H2,1-4H3,(H,28,33). The molecule has 1 fully saturated rings. The Morgan fingerprint density at radius 3 is 2.46 bits per heavy atom. The minimum atomic E-state index is -3.12. The molecule has 1 aliphatic rings. The summed E-state index contributed by atoms with van der Waals surface area (Å²) in [5, 5.41) is 2.71. The molecule has 2 heterocycles. The van der Waals surface area contributed by atoms with E-state index in [1.54, 1.807) is 16.7 Å². The SMILES string of the molecule is CCOc1ccc(NC(=O)N(c2ccccc2C(C)C)C2CCN(C(C)=O)CC2)c(OC(F)F)n1. The number of ether oxygens (including phenoxy) is 2. The van der Waals surface area contributed by atoms with Gasteiger partial charge in [0.05, 0.1) is 6.61 Å². The van der Waals surface area contributed by atoms with E-state index in [1.165, 1.54) is 19.1 Å². The maximum absolute atomic E-state index is 13.7. The second-order valence-electron chi connectivity index (χ2n) is 8.56. The molecule has 190 valence electrons. The van der Waals surface area contributed by atoms with Crippen LogP contribution in [0.2, 0.25) is 0 Å². The summed E-state index contributed by atoms with van der Waals surface area (Å²) in [6, 6.07) is 9.83. The largest absolute Gasteiger partial charge is 0.478 e. The van der Waals surface area contributed by atoms with Crippen LogP contribution >= 0.6 is 0 Å². The molecule has 0 atom stereocenters. The number of halogens is 2. The minimum Gasteiger partial charge on any atom is -0.478 e. The number of carbonyl (C=O) groups excluding carboxylic acids is 2. The van der Waals surface area contributed by atoms with Crippen LogP contribution in [0.15, 0.2) is 36.4 Å². The smallest absolute Gasteiger partial charge is 0.388 e. The van der Waals surface area contributed by atoms with E-state index in [4.69, 9.17) is 4.74 Å². The first kappa shape index (κ1) is 26.2. The van der Waals surface area contributed by atoms with Crippen molar-refractivity contribution in [2.75, 3.05) is 29.9 Å². The number of urea groups is 1. The van der Waals surface area contributed by atoms with Crippen LogP contribution in [0.25, 0.3) is 0 Å². The Kier molecular flexibility index (Phi) is 8.84. The molecule has 0 aliphatic carbocycles. The fourth-order valence-corrected chi connectivity index (χ4v) is 4.20. The lowest BCUT2D eigenvalue weighted by Gasteiger charge is -2.39. The lowest BCUT2D eigenvalue weighted by atomic mass is 9.97. The van der Waals surface area contributed by atoms with E-state index in [1.807, 2.05) is 38.1 Å². The Morgan fingerprint density at radius 1 is 1.17 bits per heavy atom. The Morgan fingerprint density at radius 2 is 1.86 bits per heavy atom. The number of aromatic nitrogens is 1. The summed E-state index contributed by atoms with van der Waals surface area (Å²) >= 11 is 0. The Bertz CT molecular complexity index is 1030. The zero-order valence-electron chi connectivity index (χ0n) is 20.5. The van der Waals surface area contributed by atoms with Gasteiger partial charge in [0.2, 0.25) is 17.7 Å². The summed E-state index contributed by atoms with van der Waals surface area (Å²) in [4.78, 5) is 32.9. The molecule has 1 saturated heterocycles. The van der Waals surface area contributed by atoms with E-state index in [9.17, 15) is 18.4 Å². The normalized spacial score (nSPS) is 14.2. The van der Waals surface area contributed by atoms with Crippen molar-refractivity contribution in [2.45, 2.75) is 59.1 Å². The fourth-order valence-electron chi connectivity index (χ4n) is 4.20. The van der Waals surface area contributed by atoms with Crippen LogP contribution in [0.3, 0.4) is 0 Å². The molecule has 1 aromatic carbocycles. The lowest BCUT2D eigenvalue weighted by Crippen LogP contribution is -2.50. The molecular formula is C25H32F2N4O4. The zero-order valence-corrected chi connectivity index (χ0v) is 20.5. The number of benzene rings is 1. The molecule has 0 radical (unpaired) electrons. The van der Waals surface area contributed by atoms with Crippen LogP contribution in [0.5, 0.6) is 11.8 Å². The lowest BCUT2D eigenvalue weighted by molar-refractivity contribution is -0.129. The highest BCUT2D eigenvalue weighted by molar-refractivity contribution is 6.03. The molecule has 0 unspecified atom stereocenters. The van der Waals surface area contributed by atoms with Gasteiger partial charge in [-0.1, -0.05) is 32.0 Å². The van der Waals surface area contributed by atoms with Gasteiger partial charge in [0.1, 0.15) is 5.69 Å². The Labute approximate surface area is 204 Å². The van der Waals surface area contributed by atoms with Gasteiger partial charge in [0.25, 0.3) is 0 Å². The molecular weight excluding hydrogens is 458 g/mol. The number of para-hydroxylation sites is 1. The average Bonchev–Trinajstić information content (AvgIpc) is 2.81. The first-order valence-electron chi connectivity index (χ1n) is 11.7. The van der Waals surface area contributed by atoms with Crippen molar-refractivity contribution in [3.63, 3.8) is 0 Å². The van der Waals surface area contributed by atoms with Crippen LogP contribution in [-0.4, -0.2) is 54.2 Å². The van der Waals surface area contributed by atoms with Crippen LogP contribution < -0.4 is 19.7 Å². The van der Waals surface area contributed by atoms with Gasteiger partial charge in [-0.2, -0.15) is 13.8 Å². The molecule has 3 rings (SSSR count). The maximum Gasteiger partial charge on any atom is 0.388 e. The number of nitrogens with zero attached hydrogens (tertiary/aromatic N) is 3. The molecule has 1 aromatic heterocycles. The van der Waals surface area contributed by atoms with Crippen molar-refractivity contribution >= 4 is 23.3 Å². The second-order valence-corrected chi connectivity index (χ2v) is 8.56. The van der Waals surface area contributed by atoms with Crippen LogP contribution in [0, 0.1) is 0 Å². The van der Waals surface area contributed by atoms with Crippen LogP contribution in [-0.2, 0) is 4.79 Å². The number of nitrogens with one attached hydrogen (secondary N) is 1. The van der Waals surface area contributed by atoms with E-state index in [0.717, 1.165) is 11.3 Å². The summed E-state index contributed by atoms with van der Waals surface area (Å²) in [5.41, 5.74) is 1.72. The predicted octanol–water partition coefficient (Wildman–Crippen LogP) is 5.25. The van der Waals surface area contributed by atoms with E-state index in [-0.39, 0.29) is 29.4 Å². The molecule has 0 spiro atoms. The topological polar surface area (TPSA) is 84.0 Å². The number of pyridine rings is 1. The fraction of sp³-hybridized carbons (Fsp3) is 0.480. The van der Waals surface area contributed by atoms with Gasteiger partial charge in [0, 0.05) is 37.8 Å². The first-order chi connectivity index (χ1) is 16.7. The molecule has 8 nitrogen and oxygen atoms in total. The number of hydrogen-bond donors (Lipinski definition) is 1. The summed E-state index contributed by atoms with van der Waals surface area (Å²) < 4.78 is 36.0. The number of alkyl halides is 2. The number of rotatable bonds is 8. The van der Waals surface area contributed by atoms with Gasteiger partial charge in [0.15, 0.2) is 0 Å². The van der Waals surface area contributed by atoms with E-state index >= 15 is 0 Å². The van der Waals surface area contributed by atoms with E-state index in [0.29, 0.717) is 32.5 Å². The summed E-state index contributed by atoms with van der Waals surface area (Å²) in [5.74, 6) is -0.178. The quantitative estimate of drug-likeness (QED) is 0.546. The van der Waals surface area contributed by atoms with Crippen molar-refractivity contribution in [2.24, 2.45) is 0 Å². The number of piperidine rings is 1. The zero-order chi connectivity index (χ0) is 25.5. The van der Waals surface area contributed by atoms with Gasteiger partial charge >= 0.3 is 12.6 Å². The van der Waals surface area contributed by atoms with Crippen LogP contribution in [0.1, 0.15) is 52.0 Å². The molecule has 2 aromatic rings. The molecule has 0 bridgehead atoms. The highest BCUT2D eigenvalue weighted by atomic mass is 19.3. The van der Waals surface area contributed by atoms with Crippen molar-refractivity contribution < 1.29 is 27.8 Å². The van der Waals surface area contributed by atoms with Crippen LogP contribution in [0.4, 0.5) is 25.0 Å². The number of hydrogen-bond acceptors (Lipinski definition) is 5. The third-order valence-corrected chi connectivity index (χ3v) is 5.88. The number of anilines is 2. The van der Waals surface area contributed by atoms with Crippen molar-refractivity contribution in [3.8, 4) is 11.8 Å². The molecule has 3 amide bonds.